The molecule has 0 spiro atoms. The van der Waals surface area contributed by atoms with Gasteiger partial charge in [-0.2, -0.15) is 0 Å². The van der Waals surface area contributed by atoms with Crippen LogP contribution < -0.4 is 10.6 Å². The van der Waals surface area contributed by atoms with E-state index in [-0.39, 0.29) is 12.5 Å². The maximum Gasteiger partial charge on any atom is 0.255 e. The largest absolute Gasteiger partial charge is 0.370 e. The maximum atomic E-state index is 12.1. The van der Waals surface area contributed by atoms with Crippen LogP contribution in [0, 0.1) is 0 Å². The highest BCUT2D eigenvalue weighted by Gasteiger charge is 2.13. The van der Waals surface area contributed by atoms with E-state index in [4.69, 9.17) is 4.52 Å². The molecule has 2 N–H and O–H groups in total. The fraction of sp³-hybridized carbons (Fsp3) is 0.250. The molecule has 0 saturated carbocycles. The molecular formula is C12H13BrN4O2. The van der Waals surface area contributed by atoms with Crippen molar-refractivity contribution in [2.24, 2.45) is 0 Å². The predicted molar refractivity (Wildman–Crippen MR) is 73.8 cm³/mol. The molecule has 0 saturated heterocycles. The van der Waals surface area contributed by atoms with Crippen LogP contribution in [0.5, 0.6) is 0 Å². The van der Waals surface area contributed by atoms with Gasteiger partial charge in [0.2, 0.25) is 0 Å². The third-order valence-corrected chi connectivity index (χ3v) is 2.79. The number of aromatic nitrogens is 2. The van der Waals surface area contributed by atoms with Crippen LogP contribution in [-0.2, 0) is 6.54 Å². The molecule has 2 rings (SSSR count). The lowest BCUT2D eigenvalue weighted by atomic mass is 10.2. The first-order chi connectivity index (χ1) is 9.20. The Labute approximate surface area is 118 Å². The van der Waals surface area contributed by atoms with E-state index in [1.54, 1.807) is 18.3 Å². The van der Waals surface area contributed by atoms with Crippen LogP contribution in [0.25, 0.3) is 0 Å². The van der Waals surface area contributed by atoms with E-state index in [1.807, 2.05) is 6.92 Å². The van der Waals surface area contributed by atoms with Crippen molar-refractivity contribution in [1.29, 1.82) is 0 Å². The topological polar surface area (TPSA) is 80.0 Å². The zero-order chi connectivity index (χ0) is 13.7. The summed E-state index contributed by atoms with van der Waals surface area (Å²) >= 11 is 3.31. The Bertz CT molecular complexity index is 557. The van der Waals surface area contributed by atoms with Gasteiger partial charge in [0.15, 0.2) is 5.76 Å². The van der Waals surface area contributed by atoms with E-state index < -0.39 is 0 Å². The Morgan fingerprint density at radius 3 is 3.05 bits per heavy atom. The van der Waals surface area contributed by atoms with Gasteiger partial charge in [-0.3, -0.25) is 4.79 Å². The number of carbonyl (C=O) groups is 1. The number of nitrogens with zero attached hydrogens (tertiary/aromatic N) is 2. The Morgan fingerprint density at radius 1 is 1.53 bits per heavy atom. The van der Waals surface area contributed by atoms with Crippen LogP contribution in [0.2, 0.25) is 0 Å². The second-order valence-corrected chi connectivity index (χ2v) is 4.66. The first-order valence-corrected chi connectivity index (χ1v) is 6.57. The molecule has 19 heavy (non-hydrogen) atoms. The van der Waals surface area contributed by atoms with E-state index in [1.165, 1.54) is 6.20 Å². The fourth-order valence-electron chi connectivity index (χ4n) is 1.52. The number of anilines is 1. The van der Waals surface area contributed by atoms with Gasteiger partial charge in [0.05, 0.1) is 18.3 Å². The predicted octanol–water partition coefficient (Wildman–Crippen LogP) is 2.19. The third-order valence-electron chi connectivity index (χ3n) is 2.36. The summed E-state index contributed by atoms with van der Waals surface area (Å²) in [6.45, 7) is 2.92. The van der Waals surface area contributed by atoms with Crippen molar-refractivity contribution in [1.82, 2.24) is 15.5 Å². The molecule has 0 aliphatic carbocycles. The second-order valence-electron chi connectivity index (χ2n) is 3.74. The zero-order valence-corrected chi connectivity index (χ0v) is 11.9. The van der Waals surface area contributed by atoms with E-state index in [2.05, 4.69) is 36.7 Å². The number of amides is 1. The minimum Gasteiger partial charge on any atom is -0.370 e. The first-order valence-electron chi connectivity index (χ1n) is 5.78. The van der Waals surface area contributed by atoms with E-state index in [0.717, 1.165) is 4.47 Å². The molecule has 0 fully saturated rings. The van der Waals surface area contributed by atoms with Crippen LogP contribution in [-0.4, -0.2) is 22.6 Å². The quantitative estimate of drug-likeness (QED) is 0.881. The Hall–Kier alpha value is -1.89. The summed E-state index contributed by atoms with van der Waals surface area (Å²) < 4.78 is 5.67. The molecule has 0 aromatic carbocycles. The molecule has 2 aromatic heterocycles. The number of hydrogen-bond donors (Lipinski definition) is 2. The first kappa shape index (κ1) is 13.5. The van der Waals surface area contributed by atoms with Crippen molar-refractivity contribution in [2.45, 2.75) is 13.5 Å². The van der Waals surface area contributed by atoms with Crippen molar-refractivity contribution in [3.8, 4) is 0 Å². The maximum absolute atomic E-state index is 12.1. The van der Waals surface area contributed by atoms with E-state index in [0.29, 0.717) is 23.7 Å². The van der Waals surface area contributed by atoms with Crippen LogP contribution in [0.4, 0.5) is 5.82 Å². The minimum absolute atomic E-state index is 0.221. The van der Waals surface area contributed by atoms with Gasteiger partial charge in [-0.05, 0) is 28.9 Å². The molecule has 0 unspecified atom stereocenters. The molecule has 100 valence electrons. The molecule has 6 nitrogen and oxygen atoms in total. The van der Waals surface area contributed by atoms with Gasteiger partial charge in [0.25, 0.3) is 5.91 Å². The summed E-state index contributed by atoms with van der Waals surface area (Å²) in [4.78, 5) is 16.3. The minimum atomic E-state index is -0.221. The number of halogens is 1. The fourth-order valence-corrected chi connectivity index (χ4v) is 1.85. The Kier molecular flexibility index (Phi) is 4.51. The molecule has 7 heteroatoms. The standard InChI is InChI=1S/C12H13BrN4O2/c1-2-14-11-10(5-8(13)6-15-11)12(18)16-7-9-3-4-17-19-9/h3-6H,2,7H2,1H3,(H,14,15)(H,16,18). The molecule has 0 radical (unpaired) electrons. The van der Waals surface area contributed by atoms with Crippen LogP contribution in [0.15, 0.2) is 33.5 Å². The van der Waals surface area contributed by atoms with Crippen molar-refractivity contribution in [2.75, 3.05) is 11.9 Å². The highest BCUT2D eigenvalue weighted by molar-refractivity contribution is 9.10. The summed E-state index contributed by atoms with van der Waals surface area (Å²) in [6.07, 6.45) is 3.18. The van der Waals surface area contributed by atoms with Crippen LogP contribution in [0.3, 0.4) is 0 Å². The smallest absolute Gasteiger partial charge is 0.255 e. The van der Waals surface area contributed by atoms with Gasteiger partial charge in [0, 0.05) is 23.3 Å². The highest BCUT2D eigenvalue weighted by atomic mass is 79.9. The Morgan fingerprint density at radius 2 is 2.37 bits per heavy atom. The van der Waals surface area contributed by atoms with Crippen LogP contribution in [0.1, 0.15) is 23.0 Å². The lowest BCUT2D eigenvalue weighted by Crippen LogP contribution is -2.24. The van der Waals surface area contributed by atoms with Crippen LogP contribution >= 0.6 is 15.9 Å². The van der Waals surface area contributed by atoms with Gasteiger partial charge >= 0.3 is 0 Å². The number of carbonyl (C=O) groups excluding carboxylic acids is 1. The summed E-state index contributed by atoms with van der Waals surface area (Å²) in [5.74, 6) is 0.934. The molecule has 0 atom stereocenters. The molecule has 2 aromatic rings. The van der Waals surface area contributed by atoms with Gasteiger partial charge in [-0.25, -0.2) is 4.98 Å². The lowest BCUT2D eigenvalue weighted by Gasteiger charge is -2.09. The lowest BCUT2D eigenvalue weighted by molar-refractivity contribution is 0.0947. The normalized spacial score (nSPS) is 10.2. The molecular weight excluding hydrogens is 312 g/mol. The third kappa shape index (κ3) is 3.54. The zero-order valence-electron chi connectivity index (χ0n) is 10.3. The average molecular weight is 325 g/mol. The second kappa shape index (κ2) is 6.33. The van der Waals surface area contributed by atoms with Gasteiger partial charge in [0.1, 0.15) is 5.82 Å². The summed E-state index contributed by atoms with van der Waals surface area (Å²) in [6, 6.07) is 3.42. The number of hydrogen-bond acceptors (Lipinski definition) is 5. The van der Waals surface area contributed by atoms with E-state index >= 15 is 0 Å². The van der Waals surface area contributed by atoms with E-state index in [9.17, 15) is 4.79 Å². The number of nitrogens with one attached hydrogen (secondary N) is 2. The molecule has 0 bridgehead atoms. The number of pyridine rings is 1. The van der Waals surface area contributed by atoms with Gasteiger partial charge < -0.3 is 15.2 Å². The molecule has 0 aliphatic rings. The summed E-state index contributed by atoms with van der Waals surface area (Å²) in [7, 11) is 0. The average Bonchev–Trinajstić information content (AvgIpc) is 2.91. The van der Waals surface area contributed by atoms with Crippen molar-refractivity contribution < 1.29 is 9.32 Å². The highest BCUT2D eigenvalue weighted by Crippen LogP contribution is 2.18. The summed E-state index contributed by atoms with van der Waals surface area (Å²) in [5, 5.41) is 9.38. The molecule has 2 heterocycles. The Balaban J connectivity index is 2.11. The molecule has 0 aliphatic heterocycles. The SMILES string of the molecule is CCNc1ncc(Br)cc1C(=O)NCc1ccno1. The summed E-state index contributed by atoms with van der Waals surface area (Å²) in [5.41, 5.74) is 0.482. The van der Waals surface area contributed by atoms with Crippen molar-refractivity contribution in [3.63, 3.8) is 0 Å². The monoisotopic (exact) mass is 324 g/mol. The van der Waals surface area contributed by atoms with Gasteiger partial charge in [-0.1, -0.05) is 5.16 Å². The number of rotatable bonds is 5. The van der Waals surface area contributed by atoms with Crippen molar-refractivity contribution >= 4 is 27.7 Å². The molecule has 1 amide bonds. The van der Waals surface area contributed by atoms with Gasteiger partial charge in [-0.15, -0.1) is 0 Å². The van der Waals surface area contributed by atoms with Crippen molar-refractivity contribution in [3.05, 3.63) is 40.3 Å².